The predicted octanol–water partition coefficient (Wildman–Crippen LogP) is 3.53. The molecule has 130 valence electrons. The highest BCUT2D eigenvalue weighted by molar-refractivity contribution is 7.99. The number of hydrogen-bond donors (Lipinski definition) is 1. The third-order valence-electron chi connectivity index (χ3n) is 3.33. The number of amides is 1. The maximum absolute atomic E-state index is 12.1. The van der Waals surface area contributed by atoms with E-state index in [2.05, 4.69) is 27.1 Å². The highest BCUT2D eigenvalue weighted by atomic mass is 32.2. The summed E-state index contributed by atoms with van der Waals surface area (Å²) in [4.78, 5) is 16.3. The first-order valence-corrected chi connectivity index (χ1v) is 9.38. The number of nitrogens with zero attached hydrogens (tertiary/aromatic N) is 4. The topological polar surface area (TPSA) is 85.8 Å². The van der Waals surface area contributed by atoms with Gasteiger partial charge in [-0.15, -0.1) is 28.1 Å². The molecule has 0 aliphatic carbocycles. The van der Waals surface area contributed by atoms with Crippen LogP contribution >= 0.6 is 23.1 Å². The molecule has 0 bridgehead atoms. The normalized spacial score (nSPS) is 10.8. The smallest absolute Gasteiger partial charge is 0.236 e. The molecule has 0 aromatic carbocycles. The van der Waals surface area contributed by atoms with E-state index in [1.54, 1.807) is 12.3 Å². The summed E-state index contributed by atoms with van der Waals surface area (Å²) < 4.78 is 7.26. The Labute approximate surface area is 153 Å². The van der Waals surface area contributed by atoms with Crippen LogP contribution in [0, 0.1) is 13.8 Å². The van der Waals surface area contributed by atoms with Crippen molar-refractivity contribution >= 4 is 34.1 Å². The molecule has 0 fully saturated rings. The van der Waals surface area contributed by atoms with Gasteiger partial charge in [-0.3, -0.25) is 9.36 Å². The summed E-state index contributed by atoms with van der Waals surface area (Å²) in [6.45, 7) is 8.08. The van der Waals surface area contributed by atoms with E-state index in [4.69, 9.17) is 4.42 Å². The van der Waals surface area contributed by atoms with E-state index in [1.165, 1.54) is 23.1 Å². The molecule has 0 aliphatic heterocycles. The first-order valence-electron chi connectivity index (χ1n) is 7.52. The van der Waals surface area contributed by atoms with Crippen molar-refractivity contribution in [1.29, 1.82) is 0 Å². The van der Waals surface area contributed by atoms with Crippen molar-refractivity contribution in [2.45, 2.75) is 25.5 Å². The van der Waals surface area contributed by atoms with Gasteiger partial charge in [-0.05, 0) is 19.9 Å². The number of aromatic nitrogens is 4. The fourth-order valence-electron chi connectivity index (χ4n) is 2.20. The number of thioether (sulfide) groups is 1. The van der Waals surface area contributed by atoms with Crippen LogP contribution in [0.1, 0.15) is 11.5 Å². The van der Waals surface area contributed by atoms with E-state index in [9.17, 15) is 4.79 Å². The van der Waals surface area contributed by atoms with E-state index in [1.807, 2.05) is 29.9 Å². The Hall–Kier alpha value is -2.39. The Kier molecular flexibility index (Phi) is 5.34. The van der Waals surface area contributed by atoms with Gasteiger partial charge < -0.3 is 9.73 Å². The average Bonchev–Trinajstić information content (AvgIpc) is 3.27. The van der Waals surface area contributed by atoms with E-state index >= 15 is 0 Å². The average molecular weight is 375 g/mol. The summed E-state index contributed by atoms with van der Waals surface area (Å²) in [6.07, 6.45) is 3.39. The number of anilines is 1. The lowest BCUT2D eigenvalue weighted by molar-refractivity contribution is -0.113. The van der Waals surface area contributed by atoms with Crippen molar-refractivity contribution in [3.63, 3.8) is 0 Å². The first kappa shape index (κ1) is 17.4. The Bertz CT molecular complexity index is 896. The second-order valence-corrected chi connectivity index (χ2v) is 7.03. The van der Waals surface area contributed by atoms with E-state index in [-0.39, 0.29) is 11.7 Å². The molecule has 7 nitrogen and oxygen atoms in total. The summed E-state index contributed by atoms with van der Waals surface area (Å²) in [5.74, 6) is 1.56. The fraction of sp³-hybridized carbons (Fsp3) is 0.250. The van der Waals surface area contributed by atoms with Gasteiger partial charge in [0.1, 0.15) is 5.76 Å². The number of carbonyl (C=O) groups is 1. The van der Waals surface area contributed by atoms with Crippen molar-refractivity contribution in [3.05, 3.63) is 41.8 Å². The minimum absolute atomic E-state index is 0.131. The Balaban J connectivity index is 1.72. The molecule has 0 spiro atoms. The molecular weight excluding hydrogens is 358 g/mol. The molecule has 0 saturated carbocycles. The van der Waals surface area contributed by atoms with Crippen LogP contribution in [0.15, 0.2) is 39.9 Å². The maximum atomic E-state index is 12.1. The molecule has 0 radical (unpaired) electrons. The summed E-state index contributed by atoms with van der Waals surface area (Å²) in [5, 5.41) is 14.4. The number of hydrogen-bond acceptors (Lipinski definition) is 7. The predicted molar refractivity (Wildman–Crippen MR) is 98.9 cm³/mol. The number of aryl methyl sites for hydroxylation is 2. The zero-order valence-electron chi connectivity index (χ0n) is 13.9. The first-order chi connectivity index (χ1) is 12.1. The molecular formula is C16H17N5O2S2. The van der Waals surface area contributed by atoms with Crippen molar-refractivity contribution in [2.75, 3.05) is 11.1 Å². The largest absolute Gasteiger partial charge is 0.469 e. The van der Waals surface area contributed by atoms with Crippen LogP contribution in [0.2, 0.25) is 0 Å². The summed E-state index contributed by atoms with van der Waals surface area (Å²) >= 11 is 2.73. The molecule has 3 rings (SSSR count). The van der Waals surface area contributed by atoms with E-state index < -0.39 is 0 Å². The zero-order chi connectivity index (χ0) is 17.8. The zero-order valence-corrected chi connectivity index (χ0v) is 15.5. The summed E-state index contributed by atoms with van der Waals surface area (Å²) in [5.41, 5.74) is 1.77. The number of nitrogens with one attached hydrogen (secondary N) is 1. The Morgan fingerprint density at radius 1 is 1.48 bits per heavy atom. The quantitative estimate of drug-likeness (QED) is 0.502. The van der Waals surface area contributed by atoms with Gasteiger partial charge in [0.05, 0.1) is 23.3 Å². The van der Waals surface area contributed by atoms with Gasteiger partial charge in [-0.2, -0.15) is 0 Å². The minimum Gasteiger partial charge on any atom is -0.469 e. The fourth-order valence-corrected chi connectivity index (χ4v) is 3.65. The highest BCUT2D eigenvalue weighted by Crippen LogP contribution is 2.27. The minimum atomic E-state index is -0.131. The highest BCUT2D eigenvalue weighted by Gasteiger charge is 2.17. The number of carbonyl (C=O) groups excluding carboxylic acids is 1. The van der Waals surface area contributed by atoms with Gasteiger partial charge in [0.2, 0.25) is 5.91 Å². The van der Waals surface area contributed by atoms with Gasteiger partial charge in [-0.25, -0.2) is 4.98 Å². The van der Waals surface area contributed by atoms with Crippen LogP contribution in [-0.2, 0) is 11.3 Å². The molecule has 0 saturated heterocycles. The van der Waals surface area contributed by atoms with Crippen molar-refractivity contribution < 1.29 is 9.21 Å². The molecule has 0 unspecified atom stereocenters. The lowest BCUT2D eigenvalue weighted by atomic mass is 10.2. The summed E-state index contributed by atoms with van der Waals surface area (Å²) in [7, 11) is 0. The molecule has 0 aliphatic rings. The monoisotopic (exact) mass is 375 g/mol. The van der Waals surface area contributed by atoms with E-state index in [0.29, 0.717) is 22.7 Å². The van der Waals surface area contributed by atoms with Gasteiger partial charge in [0, 0.05) is 11.9 Å². The Morgan fingerprint density at radius 2 is 2.32 bits per heavy atom. The Morgan fingerprint density at radius 3 is 2.96 bits per heavy atom. The van der Waals surface area contributed by atoms with Crippen LogP contribution in [0.3, 0.4) is 0 Å². The maximum Gasteiger partial charge on any atom is 0.236 e. The SMILES string of the molecule is C=CCn1c(SCC(=O)Nc2nc(C)cs2)nnc1-c1ccoc1C. The van der Waals surface area contributed by atoms with E-state index in [0.717, 1.165) is 17.0 Å². The molecule has 25 heavy (non-hydrogen) atoms. The van der Waals surface area contributed by atoms with Gasteiger partial charge in [-0.1, -0.05) is 17.8 Å². The molecule has 3 aromatic heterocycles. The summed E-state index contributed by atoms with van der Waals surface area (Å²) in [6, 6.07) is 1.85. The van der Waals surface area contributed by atoms with Crippen LogP contribution in [0.25, 0.3) is 11.4 Å². The second kappa shape index (κ2) is 7.66. The number of allylic oxidation sites excluding steroid dienone is 1. The number of furan rings is 1. The van der Waals surface area contributed by atoms with Crippen LogP contribution in [0.4, 0.5) is 5.13 Å². The van der Waals surface area contributed by atoms with Crippen molar-refractivity contribution in [3.8, 4) is 11.4 Å². The molecule has 9 heteroatoms. The van der Waals surface area contributed by atoms with Crippen LogP contribution in [0.5, 0.6) is 0 Å². The van der Waals surface area contributed by atoms with Gasteiger partial charge >= 0.3 is 0 Å². The lowest BCUT2D eigenvalue weighted by Crippen LogP contribution is -2.14. The lowest BCUT2D eigenvalue weighted by Gasteiger charge is -2.07. The molecule has 1 N–H and O–H groups in total. The molecule has 0 atom stereocenters. The van der Waals surface area contributed by atoms with Crippen LogP contribution in [-0.4, -0.2) is 31.4 Å². The van der Waals surface area contributed by atoms with Gasteiger partial charge in [0.15, 0.2) is 16.1 Å². The molecule has 3 aromatic rings. The van der Waals surface area contributed by atoms with Gasteiger partial charge in [0.25, 0.3) is 0 Å². The third-order valence-corrected chi connectivity index (χ3v) is 5.17. The standard InChI is InChI=1S/C16H17N5O2S2/c1-4-6-21-14(12-5-7-23-11(12)3)19-20-16(21)25-9-13(22)18-15-17-10(2)8-24-15/h4-5,7-8H,1,6,9H2,2-3H3,(H,17,18,22). The molecule has 1 amide bonds. The molecule has 3 heterocycles. The number of rotatable bonds is 7. The second-order valence-electron chi connectivity index (χ2n) is 5.23. The third kappa shape index (κ3) is 3.99. The number of thiazole rings is 1. The van der Waals surface area contributed by atoms with Crippen molar-refractivity contribution in [2.24, 2.45) is 0 Å². The van der Waals surface area contributed by atoms with Crippen LogP contribution < -0.4 is 5.32 Å². The van der Waals surface area contributed by atoms with Crippen molar-refractivity contribution in [1.82, 2.24) is 19.7 Å².